The highest BCUT2D eigenvalue weighted by Crippen LogP contribution is 2.35. The van der Waals surface area contributed by atoms with E-state index in [1.807, 2.05) is 14.1 Å². The molecule has 0 amide bonds. The first-order valence-corrected chi connectivity index (χ1v) is 8.52. The van der Waals surface area contributed by atoms with Crippen LogP contribution in [0.25, 0.3) is 10.9 Å². The van der Waals surface area contributed by atoms with Crippen LogP contribution in [0.5, 0.6) is 0 Å². The number of hydrogen-bond donors (Lipinski definition) is 1. The summed E-state index contributed by atoms with van der Waals surface area (Å²) in [7, 11) is 3.99. The molecule has 1 fully saturated rings. The summed E-state index contributed by atoms with van der Waals surface area (Å²) in [6, 6.07) is 0. The Morgan fingerprint density at radius 3 is 2.27 bits per heavy atom. The third-order valence-electron chi connectivity index (χ3n) is 4.64. The van der Waals surface area contributed by atoms with Crippen molar-refractivity contribution in [2.24, 2.45) is 0 Å². The van der Waals surface area contributed by atoms with Crippen LogP contribution >= 0.6 is 0 Å². The lowest BCUT2D eigenvalue weighted by Crippen LogP contribution is -2.48. The third kappa shape index (κ3) is 3.41. The van der Waals surface area contributed by atoms with E-state index in [2.05, 4.69) is 19.8 Å². The Labute approximate surface area is 150 Å². The van der Waals surface area contributed by atoms with Crippen LogP contribution in [0.4, 0.5) is 24.7 Å². The van der Waals surface area contributed by atoms with Gasteiger partial charge in [0.25, 0.3) is 0 Å². The molecule has 1 aromatic heterocycles. The van der Waals surface area contributed by atoms with Crippen LogP contribution in [-0.2, 0) is 0 Å². The van der Waals surface area contributed by atoms with Gasteiger partial charge >= 0.3 is 0 Å². The number of anilines is 2. The maximum absolute atomic E-state index is 15.0. The number of nitrogen functional groups attached to an aromatic ring is 1. The lowest BCUT2D eigenvalue weighted by Gasteiger charge is -2.36. The van der Waals surface area contributed by atoms with Crippen LogP contribution in [0.1, 0.15) is 5.82 Å². The maximum Gasteiger partial charge on any atom is 0.186 e. The summed E-state index contributed by atoms with van der Waals surface area (Å²) >= 11 is 0. The molecule has 1 aromatic carbocycles. The Bertz CT molecular complexity index is 818. The molecule has 3 rings (SSSR count). The summed E-state index contributed by atoms with van der Waals surface area (Å²) in [5, 5.41) is -0.404. The second-order valence-electron chi connectivity index (χ2n) is 6.80. The molecule has 2 heterocycles. The van der Waals surface area contributed by atoms with Crippen LogP contribution in [0.2, 0.25) is 0 Å². The van der Waals surface area contributed by atoms with Crippen molar-refractivity contribution in [3.63, 3.8) is 0 Å². The fourth-order valence-electron chi connectivity index (χ4n) is 3.21. The number of nitrogens with two attached hydrogens (primary N) is 1. The number of halogens is 3. The molecule has 0 saturated carbocycles. The highest BCUT2D eigenvalue weighted by Gasteiger charge is 2.29. The van der Waals surface area contributed by atoms with Gasteiger partial charge in [0.2, 0.25) is 0 Å². The number of fused-ring (bicyclic) bond motifs is 1. The molecule has 1 aliphatic rings. The number of piperazine rings is 1. The molecule has 0 spiro atoms. The summed E-state index contributed by atoms with van der Waals surface area (Å²) < 4.78 is 44.1. The van der Waals surface area contributed by atoms with Crippen molar-refractivity contribution >= 4 is 22.4 Å². The van der Waals surface area contributed by atoms with Crippen LogP contribution in [0, 0.1) is 24.4 Å². The Hall–Kier alpha value is -2.13. The Kier molecular flexibility index (Phi) is 5.19. The average Bonchev–Trinajstić information content (AvgIpc) is 2.58. The molecule has 2 N–H and O–H groups in total. The first-order chi connectivity index (χ1) is 12.3. The van der Waals surface area contributed by atoms with E-state index in [0.717, 1.165) is 13.1 Å². The molecule has 2 aromatic rings. The Morgan fingerprint density at radius 2 is 1.65 bits per heavy atom. The van der Waals surface area contributed by atoms with Gasteiger partial charge in [-0.15, -0.1) is 0 Å². The zero-order chi connectivity index (χ0) is 19.0. The van der Waals surface area contributed by atoms with Crippen molar-refractivity contribution in [1.29, 1.82) is 0 Å². The molecular formula is C17H23F3N6. The van der Waals surface area contributed by atoms with Crippen LogP contribution in [0.15, 0.2) is 0 Å². The number of aryl methyl sites for hydroxylation is 1. The highest BCUT2D eigenvalue weighted by atomic mass is 19.2. The standard InChI is InChI=1S/C17H23F3N6/c1-10-22-15-11(17(21)23-10)12(18)13(19)16(14(15)20)26-8-6-25(7-9-26)5-4-24(2)3/h4-9H2,1-3H3,(H2,21,22,23). The van der Waals surface area contributed by atoms with Gasteiger partial charge in [0.1, 0.15) is 22.8 Å². The van der Waals surface area contributed by atoms with Gasteiger partial charge in [-0.3, -0.25) is 4.90 Å². The number of rotatable bonds is 4. The third-order valence-corrected chi connectivity index (χ3v) is 4.64. The van der Waals surface area contributed by atoms with E-state index in [1.165, 1.54) is 11.8 Å². The topological polar surface area (TPSA) is 61.5 Å². The van der Waals surface area contributed by atoms with Crippen molar-refractivity contribution in [1.82, 2.24) is 19.8 Å². The van der Waals surface area contributed by atoms with E-state index in [0.29, 0.717) is 26.2 Å². The molecule has 9 heteroatoms. The number of nitrogens with zero attached hydrogens (tertiary/aromatic N) is 5. The van der Waals surface area contributed by atoms with Crippen LogP contribution < -0.4 is 10.6 Å². The first kappa shape index (κ1) is 18.7. The SMILES string of the molecule is Cc1nc(N)c2c(F)c(F)c(N3CCN(CCN(C)C)CC3)c(F)c2n1. The van der Waals surface area contributed by atoms with Gasteiger partial charge in [-0.2, -0.15) is 0 Å². The van der Waals surface area contributed by atoms with Crippen molar-refractivity contribution in [3.05, 3.63) is 23.3 Å². The van der Waals surface area contributed by atoms with E-state index in [4.69, 9.17) is 5.73 Å². The quantitative estimate of drug-likeness (QED) is 0.828. The number of hydrogen-bond acceptors (Lipinski definition) is 6. The molecule has 1 aliphatic heterocycles. The summed E-state index contributed by atoms with van der Waals surface area (Å²) in [6.07, 6.45) is 0. The summed E-state index contributed by atoms with van der Waals surface area (Å²) in [5.74, 6) is -3.39. The molecule has 142 valence electrons. The van der Waals surface area contributed by atoms with E-state index in [-0.39, 0.29) is 22.8 Å². The molecule has 0 unspecified atom stereocenters. The molecule has 1 saturated heterocycles. The number of benzene rings is 1. The number of likely N-dealkylation sites (N-methyl/N-ethyl adjacent to an activating group) is 1. The first-order valence-electron chi connectivity index (χ1n) is 8.52. The molecular weight excluding hydrogens is 345 g/mol. The lowest BCUT2D eigenvalue weighted by atomic mass is 10.1. The molecule has 0 aliphatic carbocycles. The second kappa shape index (κ2) is 7.24. The summed E-state index contributed by atoms with van der Waals surface area (Å²) in [5.41, 5.74) is 5.00. The Morgan fingerprint density at radius 1 is 1.00 bits per heavy atom. The van der Waals surface area contributed by atoms with Crippen molar-refractivity contribution in [2.75, 3.05) is 64.0 Å². The smallest absolute Gasteiger partial charge is 0.186 e. The van der Waals surface area contributed by atoms with Crippen molar-refractivity contribution in [3.8, 4) is 0 Å². The van der Waals surface area contributed by atoms with E-state index < -0.39 is 22.8 Å². The van der Waals surface area contributed by atoms with Crippen molar-refractivity contribution < 1.29 is 13.2 Å². The van der Waals surface area contributed by atoms with Gasteiger partial charge in [-0.25, -0.2) is 23.1 Å². The predicted molar refractivity (Wildman–Crippen MR) is 95.8 cm³/mol. The molecule has 0 bridgehead atoms. The minimum atomic E-state index is -1.24. The zero-order valence-corrected chi connectivity index (χ0v) is 15.2. The monoisotopic (exact) mass is 368 g/mol. The van der Waals surface area contributed by atoms with Gasteiger partial charge in [0.15, 0.2) is 17.5 Å². The van der Waals surface area contributed by atoms with Crippen LogP contribution in [0.3, 0.4) is 0 Å². The van der Waals surface area contributed by atoms with Gasteiger partial charge in [0.05, 0.1) is 5.39 Å². The molecule has 6 nitrogen and oxygen atoms in total. The maximum atomic E-state index is 15.0. The van der Waals surface area contributed by atoms with Gasteiger partial charge in [-0.05, 0) is 21.0 Å². The fourth-order valence-corrected chi connectivity index (χ4v) is 3.21. The van der Waals surface area contributed by atoms with E-state index in [1.54, 1.807) is 0 Å². The minimum absolute atomic E-state index is 0.208. The molecule has 26 heavy (non-hydrogen) atoms. The summed E-state index contributed by atoms with van der Waals surface area (Å²) in [6.45, 7) is 5.43. The molecule has 0 atom stereocenters. The van der Waals surface area contributed by atoms with Crippen molar-refractivity contribution in [2.45, 2.75) is 6.92 Å². The molecule has 0 radical (unpaired) electrons. The lowest BCUT2D eigenvalue weighted by molar-refractivity contribution is 0.228. The normalized spacial score (nSPS) is 16.0. The van der Waals surface area contributed by atoms with Gasteiger partial charge < -0.3 is 15.5 Å². The average molecular weight is 368 g/mol. The van der Waals surface area contributed by atoms with E-state index >= 15 is 0 Å². The predicted octanol–water partition coefficient (Wildman–Crippen LogP) is 1.62. The van der Waals surface area contributed by atoms with Gasteiger partial charge in [-0.1, -0.05) is 0 Å². The minimum Gasteiger partial charge on any atom is -0.383 e. The number of aromatic nitrogens is 2. The summed E-state index contributed by atoms with van der Waals surface area (Å²) in [4.78, 5) is 13.6. The van der Waals surface area contributed by atoms with E-state index in [9.17, 15) is 13.2 Å². The second-order valence-corrected chi connectivity index (χ2v) is 6.80. The largest absolute Gasteiger partial charge is 0.383 e. The Balaban J connectivity index is 1.92. The van der Waals surface area contributed by atoms with Crippen LogP contribution in [-0.4, -0.2) is 73.1 Å². The highest BCUT2D eigenvalue weighted by molar-refractivity contribution is 5.92. The zero-order valence-electron chi connectivity index (χ0n) is 15.2. The fraction of sp³-hybridized carbons (Fsp3) is 0.529. The van der Waals surface area contributed by atoms with Gasteiger partial charge in [0, 0.05) is 39.3 Å².